The molecule has 0 fully saturated rings. The smallest absolute Gasteiger partial charge is 0.334 e. The highest BCUT2D eigenvalue weighted by Gasteiger charge is 2.13. The molecule has 3 rings (SSSR count). The summed E-state index contributed by atoms with van der Waals surface area (Å²) in [6.07, 6.45) is 5.72. The van der Waals surface area contributed by atoms with Gasteiger partial charge in [-0.05, 0) is 12.2 Å². The van der Waals surface area contributed by atoms with Gasteiger partial charge in [-0.1, -0.05) is 6.08 Å². The van der Waals surface area contributed by atoms with Crippen LogP contribution >= 0.6 is 0 Å². The van der Waals surface area contributed by atoms with Crippen LogP contribution in [0.5, 0.6) is 0 Å². The first-order valence-electron chi connectivity index (χ1n) is 5.60. The summed E-state index contributed by atoms with van der Waals surface area (Å²) in [5.41, 5.74) is -0.478. The zero-order chi connectivity index (χ0) is 14.3. The Morgan fingerprint density at radius 3 is 2.70 bits per heavy atom. The van der Waals surface area contributed by atoms with Crippen LogP contribution in [-0.4, -0.2) is 32.8 Å². The molecule has 0 saturated heterocycles. The van der Waals surface area contributed by atoms with Gasteiger partial charge in [0, 0.05) is 6.42 Å². The Morgan fingerprint density at radius 2 is 2.05 bits per heavy atom. The van der Waals surface area contributed by atoms with E-state index in [2.05, 4.69) is 15.0 Å². The van der Waals surface area contributed by atoms with Crippen LogP contribution in [0.4, 0.5) is 0 Å². The average Bonchev–Trinajstić information content (AvgIpc) is 2.87. The summed E-state index contributed by atoms with van der Waals surface area (Å²) in [6, 6.07) is 0. The number of hydrogen-bond donors (Lipinski definition) is 2. The van der Waals surface area contributed by atoms with Gasteiger partial charge in [-0.15, -0.1) is 0 Å². The quantitative estimate of drug-likeness (QED) is 0.671. The third-order valence-corrected chi connectivity index (χ3v) is 3.64. The standard InChI is InChI=1S/C11H8N4O4S/c16-10-8-9(13-5-12-8)14-11(17)15(10)6-1-3-7(4-2-6)20(18)19/h1-3,5H,4H2,(H,12,13)(H,14,17). The minimum atomic E-state index is -2.30. The number of imidazole rings is 1. The second kappa shape index (κ2) is 4.46. The molecule has 0 aromatic carbocycles. The fourth-order valence-corrected chi connectivity index (χ4v) is 2.36. The molecule has 0 atom stereocenters. The zero-order valence-electron chi connectivity index (χ0n) is 9.95. The summed E-state index contributed by atoms with van der Waals surface area (Å²) < 4.78 is 22.5. The van der Waals surface area contributed by atoms with E-state index in [9.17, 15) is 18.0 Å². The van der Waals surface area contributed by atoms with Gasteiger partial charge in [-0.25, -0.2) is 14.3 Å². The number of allylic oxidation sites excluding steroid dienone is 4. The maximum absolute atomic E-state index is 12.2. The number of rotatable bonds is 1. The van der Waals surface area contributed by atoms with Crippen LogP contribution in [0.3, 0.4) is 0 Å². The van der Waals surface area contributed by atoms with Crippen molar-refractivity contribution in [1.29, 1.82) is 0 Å². The first-order valence-corrected chi connectivity index (χ1v) is 6.67. The molecule has 102 valence electrons. The Bertz CT molecular complexity index is 1010. The van der Waals surface area contributed by atoms with Crippen LogP contribution in [0, 0.1) is 0 Å². The number of nitrogens with one attached hydrogen (secondary N) is 2. The highest BCUT2D eigenvalue weighted by molar-refractivity contribution is 7.73. The number of aromatic nitrogens is 4. The van der Waals surface area contributed by atoms with Gasteiger partial charge in [-0.3, -0.25) is 9.78 Å². The van der Waals surface area contributed by atoms with E-state index in [-0.39, 0.29) is 22.4 Å². The first kappa shape index (κ1) is 12.4. The number of H-pyrrole nitrogens is 2. The first-order chi connectivity index (χ1) is 9.58. The normalized spacial score (nSPS) is 14.6. The molecule has 8 nitrogen and oxygen atoms in total. The van der Waals surface area contributed by atoms with Gasteiger partial charge < -0.3 is 4.98 Å². The molecule has 0 amide bonds. The number of fused-ring (bicyclic) bond motifs is 1. The van der Waals surface area contributed by atoms with E-state index < -0.39 is 21.5 Å². The van der Waals surface area contributed by atoms with Crippen molar-refractivity contribution >= 4 is 32.0 Å². The van der Waals surface area contributed by atoms with Gasteiger partial charge in [0.2, 0.25) is 10.3 Å². The van der Waals surface area contributed by atoms with Gasteiger partial charge in [0.15, 0.2) is 5.65 Å². The molecule has 0 aliphatic heterocycles. The highest BCUT2D eigenvalue weighted by atomic mass is 32.2. The van der Waals surface area contributed by atoms with Crippen molar-refractivity contribution in [2.75, 3.05) is 0 Å². The van der Waals surface area contributed by atoms with Gasteiger partial charge in [0.25, 0.3) is 5.56 Å². The van der Waals surface area contributed by atoms with Crippen molar-refractivity contribution < 1.29 is 8.42 Å². The van der Waals surface area contributed by atoms with Crippen molar-refractivity contribution in [1.82, 2.24) is 19.5 Å². The summed E-state index contributed by atoms with van der Waals surface area (Å²) in [7, 11) is -2.30. The highest BCUT2D eigenvalue weighted by Crippen LogP contribution is 2.10. The summed E-state index contributed by atoms with van der Waals surface area (Å²) in [5, 5.41) is 0. The van der Waals surface area contributed by atoms with E-state index in [1.807, 2.05) is 0 Å². The second-order valence-corrected chi connectivity index (χ2v) is 5.06. The Hall–Kier alpha value is -2.68. The summed E-state index contributed by atoms with van der Waals surface area (Å²) >= 11 is 0. The third kappa shape index (κ3) is 1.84. The van der Waals surface area contributed by atoms with Crippen molar-refractivity contribution in [2.45, 2.75) is 6.42 Å². The van der Waals surface area contributed by atoms with Crippen molar-refractivity contribution in [3.63, 3.8) is 0 Å². The maximum atomic E-state index is 12.2. The summed E-state index contributed by atoms with van der Waals surface area (Å²) in [6.45, 7) is 0. The van der Waals surface area contributed by atoms with Crippen LogP contribution < -0.4 is 11.2 Å². The van der Waals surface area contributed by atoms with E-state index >= 15 is 0 Å². The van der Waals surface area contributed by atoms with Crippen LogP contribution in [-0.2, 0) is 10.3 Å². The number of nitrogens with zero attached hydrogens (tertiary/aromatic N) is 2. The predicted octanol–water partition coefficient (Wildman–Crippen LogP) is -0.735. The lowest BCUT2D eigenvalue weighted by Gasteiger charge is -2.08. The predicted molar refractivity (Wildman–Crippen MR) is 72.9 cm³/mol. The van der Waals surface area contributed by atoms with Crippen LogP contribution in [0.25, 0.3) is 16.9 Å². The van der Waals surface area contributed by atoms with Crippen molar-refractivity contribution in [3.8, 4) is 0 Å². The Labute approximate surface area is 112 Å². The Balaban J connectivity index is 2.23. The van der Waals surface area contributed by atoms with Gasteiger partial charge in [-0.2, -0.15) is 8.42 Å². The molecule has 2 N–H and O–H groups in total. The topological polar surface area (TPSA) is 118 Å². The maximum Gasteiger partial charge on any atom is 0.334 e. The van der Waals surface area contributed by atoms with Crippen LogP contribution in [0.2, 0.25) is 0 Å². The molecule has 2 heterocycles. The lowest BCUT2D eigenvalue weighted by Crippen LogP contribution is -2.34. The molecule has 2 aromatic rings. The summed E-state index contributed by atoms with van der Waals surface area (Å²) in [5.74, 6) is 0. The second-order valence-electron chi connectivity index (χ2n) is 4.06. The molecule has 0 radical (unpaired) electrons. The van der Waals surface area contributed by atoms with E-state index in [0.29, 0.717) is 5.70 Å². The summed E-state index contributed by atoms with van der Waals surface area (Å²) in [4.78, 5) is 33.2. The van der Waals surface area contributed by atoms with Gasteiger partial charge in [0.1, 0.15) is 5.52 Å². The molecule has 0 spiro atoms. The molecule has 0 unspecified atom stereocenters. The molecule has 0 bridgehead atoms. The Morgan fingerprint density at radius 1 is 1.25 bits per heavy atom. The number of hydrogen-bond acceptors (Lipinski definition) is 5. The largest absolute Gasteiger partial charge is 0.339 e. The van der Waals surface area contributed by atoms with Gasteiger partial charge in [0.05, 0.1) is 16.9 Å². The molecule has 2 aromatic heterocycles. The lowest BCUT2D eigenvalue weighted by atomic mass is 10.1. The van der Waals surface area contributed by atoms with Crippen LogP contribution in [0.1, 0.15) is 6.42 Å². The minimum Gasteiger partial charge on any atom is -0.339 e. The van der Waals surface area contributed by atoms with E-state index in [1.165, 1.54) is 24.6 Å². The molecule has 1 aliphatic rings. The SMILES string of the molecule is O=c1[nH]c2nc[nH]c2c(=O)n1C1=CCC(=S(=O)=O)C=C1. The lowest BCUT2D eigenvalue weighted by molar-refractivity contribution is 0.627. The van der Waals surface area contributed by atoms with Crippen molar-refractivity contribution in [2.24, 2.45) is 0 Å². The average molecular weight is 292 g/mol. The molecular weight excluding hydrogens is 284 g/mol. The molecule has 1 aliphatic carbocycles. The molecule has 20 heavy (non-hydrogen) atoms. The molecular formula is C11H8N4O4S. The minimum absolute atomic E-state index is 0.134. The Kier molecular flexibility index (Phi) is 2.75. The molecule has 0 saturated carbocycles. The monoisotopic (exact) mass is 292 g/mol. The fourth-order valence-electron chi connectivity index (χ4n) is 1.96. The third-order valence-electron chi connectivity index (χ3n) is 2.91. The molecule has 9 heteroatoms. The van der Waals surface area contributed by atoms with Gasteiger partial charge >= 0.3 is 5.69 Å². The van der Waals surface area contributed by atoms with E-state index in [0.717, 1.165) is 4.57 Å². The van der Waals surface area contributed by atoms with Crippen molar-refractivity contribution in [3.05, 3.63) is 45.4 Å². The number of aromatic amines is 2. The van der Waals surface area contributed by atoms with E-state index in [4.69, 9.17) is 0 Å². The fraction of sp³-hybridized carbons (Fsp3) is 0.0909. The van der Waals surface area contributed by atoms with Crippen LogP contribution in [0.15, 0.2) is 34.1 Å². The zero-order valence-corrected chi connectivity index (χ0v) is 10.8. The van der Waals surface area contributed by atoms with E-state index in [1.54, 1.807) is 0 Å².